The van der Waals surface area contributed by atoms with Gasteiger partial charge in [-0.25, -0.2) is 4.57 Å². The molecule has 4 aromatic carbocycles. The van der Waals surface area contributed by atoms with E-state index in [1.165, 1.54) is 35.7 Å². The van der Waals surface area contributed by atoms with Crippen LogP contribution in [0, 0.1) is 12.3 Å². The van der Waals surface area contributed by atoms with Crippen molar-refractivity contribution in [1.82, 2.24) is 9.55 Å². The summed E-state index contributed by atoms with van der Waals surface area (Å²) < 4.78 is 45.8. The van der Waals surface area contributed by atoms with E-state index in [9.17, 15) is 13.2 Å². The summed E-state index contributed by atoms with van der Waals surface area (Å²) in [5.41, 5.74) is 6.80. The van der Waals surface area contributed by atoms with Crippen LogP contribution in [0.25, 0.3) is 49.7 Å². The molecule has 2 aromatic heterocycles. The summed E-state index contributed by atoms with van der Waals surface area (Å²) in [5, 5.41) is 3.28. The van der Waals surface area contributed by atoms with Crippen molar-refractivity contribution >= 4 is 32.7 Å². The van der Waals surface area contributed by atoms with Gasteiger partial charge in [-0.1, -0.05) is 83.1 Å². The Kier molecular flexibility index (Phi) is 6.68. The van der Waals surface area contributed by atoms with Crippen LogP contribution in [0.4, 0.5) is 13.2 Å². The molecule has 0 fully saturated rings. The van der Waals surface area contributed by atoms with Gasteiger partial charge in [0.1, 0.15) is 5.52 Å². The fourth-order valence-corrected chi connectivity index (χ4v) is 6.31. The van der Waals surface area contributed by atoms with E-state index in [2.05, 4.69) is 79.3 Å². The lowest BCUT2D eigenvalue weighted by molar-refractivity contribution is -0.662. The van der Waals surface area contributed by atoms with E-state index in [1.807, 2.05) is 49.8 Å². The van der Waals surface area contributed by atoms with Crippen LogP contribution in [-0.4, -0.2) is 15.7 Å². The highest BCUT2D eigenvalue weighted by Gasteiger charge is 2.47. The predicted molar refractivity (Wildman–Crippen MR) is 170 cm³/mol. The van der Waals surface area contributed by atoms with E-state index >= 15 is 0 Å². The van der Waals surface area contributed by atoms with Crippen molar-refractivity contribution in [3.63, 3.8) is 0 Å². The van der Waals surface area contributed by atoms with E-state index in [4.69, 9.17) is 4.98 Å². The minimum absolute atomic E-state index is 0.0981. The fraction of sp³-hybridized carbons (Fsp3) is 0.297. The molecular formula is C37H37F3N3+. The molecule has 0 spiro atoms. The second-order valence-electron chi connectivity index (χ2n) is 13.4. The lowest BCUT2D eigenvalue weighted by Crippen LogP contribution is -2.34. The van der Waals surface area contributed by atoms with Gasteiger partial charge >= 0.3 is 6.18 Å². The van der Waals surface area contributed by atoms with Crippen molar-refractivity contribution in [2.75, 3.05) is 0 Å². The number of para-hydroxylation sites is 1. The zero-order chi connectivity index (χ0) is 30.9. The number of fused-ring (bicyclic) bond motifs is 4. The number of nitrogens with zero attached hydrogens (tertiary/aromatic N) is 3. The van der Waals surface area contributed by atoms with Gasteiger partial charge in [0.25, 0.3) is 6.33 Å². The molecule has 0 saturated heterocycles. The molecule has 2 heterocycles. The highest BCUT2D eigenvalue weighted by Crippen LogP contribution is 2.43. The first-order valence-electron chi connectivity index (χ1n) is 14.7. The number of halogens is 3. The van der Waals surface area contributed by atoms with Gasteiger partial charge in [-0.05, 0) is 81.5 Å². The zero-order valence-corrected chi connectivity index (χ0v) is 25.8. The molecule has 6 aromatic rings. The molecule has 0 saturated carbocycles. The Morgan fingerprint density at radius 1 is 0.791 bits per heavy atom. The highest BCUT2D eigenvalue weighted by atomic mass is 19.4. The largest absolute Gasteiger partial charge is 0.394 e. The summed E-state index contributed by atoms with van der Waals surface area (Å²) in [7, 11) is 2.01. The highest BCUT2D eigenvalue weighted by molar-refractivity contribution is 6.11. The summed E-state index contributed by atoms with van der Waals surface area (Å²) in [6.07, 6.45) is -2.60. The number of rotatable bonds is 4. The number of aromatic nitrogens is 3. The van der Waals surface area contributed by atoms with Gasteiger partial charge in [-0.2, -0.15) is 13.2 Å². The standard InChI is InChI=1S/C37H37F3N3/c1-23-26-15-11-12-16-27(26)30(35(2,3)4)20-28(23)33-34-32(41-22-42(33)7)29-19-24(21-36(5,6)37(38,39)40)17-18-31(29)43(34)25-13-9-8-10-14-25/h8-20,22H,21H2,1-7H3/q+1. The molecule has 0 N–H and O–H groups in total. The van der Waals surface area contributed by atoms with Crippen LogP contribution < -0.4 is 4.57 Å². The Bertz CT molecular complexity index is 2010. The minimum Gasteiger partial charge on any atom is -0.302 e. The molecule has 3 nitrogen and oxygen atoms in total. The minimum atomic E-state index is -4.31. The number of alkyl halides is 3. The molecule has 6 heteroatoms. The second kappa shape index (κ2) is 9.94. The van der Waals surface area contributed by atoms with Crippen molar-refractivity contribution in [2.24, 2.45) is 12.5 Å². The molecule has 0 radical (unpaired) electrons. The summed E-state index contributed by atoms with van der Waals surface area (Å²) in [6.45, 7) is 11.4. The number of benzene rings is 4. The lowest BCUT2D eigenvalue weighted by Gasteiger charge is -2.27. The number of hydrogen-bond donors (Lipinski definition) is 0. The molecule has 220 valence electrons. The summed E-state index contributed by atoms with van der Waals surface area (Å²) in [6, 6.07) is 26.6. The molecule has 6 rings (SSSR count). The molecule has 0 aliphatic carbocycles. The zero-order valence-electron chi connectivity index (χ0n) is 25.8. The van der Waals surface area contributed by atoms with E-state index in [0.29, 0.717) is 5.56 Å². The van der Waals surface area contributed by atoms with Crippen LogP contribution in [-0.2, 0) is 18.9 Å². The van der Waals surface area contributed by atoms with Crippen molar-refractivity contribution in [1.29, 1.82) is 0 Å². The molecule has 0 unspecified atom stereocenters. The molecular weight excluding hydrogens is 543 g/mol. The van der Waals surface area contributed by atoms with Gasteiger partial charge in [-0.3, -0.25) is 0 Å². The lowest BCUT2D eigenvalue weighted by atomic mass is 9.80. The molecule has 43 heavy (non-hydrogen) atoms. The number of aryl methyl sites for hydroxylation is 2. The van der Waals surface area contributed by atoms with Crippen LogP contribution >= 0.6 is 0 Å². The first-order valence-corrected chi connectivity index (χ1v) is 14.7. The SMILES string of the molecule is Cc1c(-c2c3c(nc[n+]2C)c2cc(CC(C)(C)C(F)(F)F)ccc2n3-c2ccccc2)cc(C(C)(C)C)c2ccccc12. The third kappa shape index (κ3) is 4.77. The van der Waals surface area contributed by atoms with Crippen molar-refractivity contribution in [2.45, 2.75) is 59.6 Å². The topological polar surface area (TPSA) is 21.7 Å². The van der Waals surface area contributed by atoms with Crippen LogP contribution in [0.3, 0.4) is 0 Å². The van der Waals surface area contributed by atoms with Crippen molar-refractivity contribution < 1.29 is 17.7 Å². The third-order valence-corrected chi connectivity index (χ3v) is 8.75. The van der Waals surface area contributed by atoms with E-state index in [1.54, 1.807) is 0 Å². The number of hydrogen-bond acceptors (Lipinski definition) is 1. The first-order chi connectivity index (χ1) is 20.2. The normalized spacial score (nSPS) is 13.0. The van der Waals surface area contributed by atoms with E-state index < -0.39 is 11.6 Å². The Labute approximate surface area is 250 Å². The monoisotopic (exact) mass is 580 g/mol. The average molecular weight is 581 g/mol. The van der Waals surface area contributed by atoms with E-state index in [0.717, 1.165) is 38.9 Å². The Hall–Kier alpha value is -4.19. The van der Waals surface area contributed by atoms with Crippen molar-refractivity contribution in [3.05, 3.63) is 102 Å². The van der Waals surface area contributed by atoms with E-state index in [-0.39, 0.29) is 11.8 Å². The molecule has 0 aliphatic heterocycles. The van der Waals surface area contributed by atoms with Gasteiger partial charge in [-0.15, -0.1) is 0 Å². The van der Waals surface area contributed by atoms with Gasteiger partial charge in [0.2, 0.25) is 5.52 Å². The maximum atomic E-state index is 13.8. The third-order valence-electron chi connectivity index (χ3n) is 8.75. The molecule has 0 bridgehead atoms. The van der Waals surface area contributed by atoms with Gasteiger partial charge in [0, 0.05) is 11.3 Å². The Morgan fingerprint density at radius 2 is 1.44 bits per heavy atom. The summed E-state index contributed by atoms with van der Waals surface area (Å²) in [5.74, 6) is 0. The molecule has 0 aliphatic rings. The Balaban J connectivity index is 1.74. The maximum Gasteiger partial charge on any atom is 0.394 e. The fourth-order valence-electron chi connectivity index (χ4n) is 6.31. The average Bonchev–Trinajstić information content (AvgIpc) is 3.26. The van der Waals surface area contributed by atoms with Gasteiger partial charge in [0.15, 0.2) is 5.69 Å². The second-order valence-corrected chi connectivity index (χ2v) is 13.4. The smallest absolute Gasteiger partial charge is 0.302 e. The van der Waals surface area contributed by atoms with Crippen LogP contribution in [0.2, 0.25) is 0 Å². The van der Waals surface area contributed by atoms with Crippen LogP contribution in [0.15, 0.2) is 85.2 Å². The predicted octanol–water partition coefficient (Wildman–Crippen LogP) is 9.56. The van der Waals surface area contributed by atoms with Crippen LogP contribution in [0.1, 0.15) is 51.3 Å². The molecule has 0 atom stereocenters. The van der Waals surface area contributed by atoms with Gasteiger partial charge < -0.3 is 4.57 Å². The van der Waals surface area contributed by atoms with Crippen LogP contribution in [0.5, 0.6) is 0 Å². The first kappa shape index (κ1) is 28.9. The maximum absolute atomic E-state index is 13.8. The molecule has 0 amide bonds. The Morgan fingerprint density at radius 3 is 2.09 bits per heavy atom. The quantitative estimate of drug-likeness (QED) is 0.190. The summed E-state index contributed by atoms with van der Waals surface area (Å²) >= 11 is 0. The van der Waals surface area contributed by atoms with Gasteiger partial charge in [0.05, 0.1) is 23.4 Å². The van der Waals surface area contributed by atoms with Crippen molar-refractivity contribution in [3.8, 4) is 16.9 Å². The summed E-state index contributed by atoms with van der Waals surface area (Å²) in [4.78, 5) is 4.91.